The van der Waals surface area contributed by atoms with Gasteiger partial charge in [-0.2, -0.15) is 0 Å². The largest absolute Gasteiger partial charge is 0.481 e. The van der Waals surface area contributed by atoms with Gasteiger partial charge in [-0.3, -0.25) is 9.59 Å². The van der Waals surface area contributed by atoms with Crippen LogP contribution in [0, 0.1) is 5.92 Å². The Morgan fingerprint density at radius 1 is 1.59 bits per heavy atom. The molecule has 1 amide bonds. The molecule has 0 radical (unpaired) electrons. The summed E-state index contributed by atoms with van der Waals surface area (Å²) in [4.78, 5) is 24.2. The molecule has 1 saturated heterocycles. The number of carbonyl (C=O) groups excluding carboxylic acids is 1. The molecule has 1 aromatic rings. The number of hydrogen-bond donors (Lipinski definition) is 1. The zero-order valence-corrected chi connectivity index (χ0v) is 9.33. The van der Waals surface area contributed by atoms with Crippen LogP contribution in [0.15, 0.2) is 16.8 Å². The average Bonchev–Trinajstić information content (AvgIpc) is 2.81. The number of likely N-dealkylation sites (tertiary alicyclic amines) is 1. The lowest BCUT2D eigenvalue weighted by atomic mass is 9.95. The van der Waals surface area contributed by atoms with Gasteiger partial charge in [0.25, 0.3) is 5.91 Å². The summed E-state index contributed by atoms with van der Waals surface area (Å²) in [7, 11) is 0. The van der Waals surface area contributed by atoms with Crippen molar-refractivity contribution in [2.24, 2.45) is 5.92 Å². The van der Waals surface area contributed by atoms with Crippen molar-refractivity contribution < 1.29 is 19.2 Å². The van der Waals surface area contributed by atoms with Gasteiger partial charge in [0, 0.05) is 25.6 Å². The van der Waals surface area contributed by atoms with Gasteiger partial charge in [-0.25, -0.2) is 0 Å². The monoisotopic (exact) mass is 238 g/mol. The Morgan fingerprint density at radius 3 is 3.06 bits per heavy atom. The predicted octanol–water partition coefficient (Wildman–Crippen LogP) is 1.00. The van der Waals surface area contributed by atoms with Gasteiger partial charge in [-0.1, -0.05) is 5.16 Å². The number of aromatic nitrogens is 1. The van der Waals surface area contributed by atoms with E-state index in [0.717, 1.165) is 12.8 Å². The van der Waals surface area contributed by atoms with Crippen LogP contribution >= 0.6 is 0 Å². The third kappa shape index (κ3) is 2.83. The third-order valence-electron chi connectivity index (χ3n) is 2.92. The molecule has 1 aliphatic rings. The first kappa shape index (κ1) is 11.6. The fourth-order valence-electron chi connectivity index (χ4n) is 2.15. The number of amides is 1. The lowest BCUT2D eigenvalue weighted by Gasteiger charge is -2.31. The maximum Gasteiger partial charge on any atom is 0.303 e. The standard InChI is InChI=1S/C11H14N2O4/c14-10(15)6-8-2-1-5-13(7-8)11(16)9-3-4-12-17-9/h3-4,8H,1-2,5-7H2,(H,14,15). The van der Waals surface area contributed by atoms with Crippen molar-refractivity contribution in [3.05, 3.63) is 18.0 Å². The normalized spacial score (nSPS) is 20.2. The highest BCUT2D eigenvalue weighted by atomic mass is 16.5. The molecule has 92 valence electrons. The molecule has 0 aliphatic carbocycles. The maximum atomic E-state index is 11.9. The van der Waals surface area contributed by atoms with Crippen molar-refractivity contribution in [1.82, 2.24) is 10.1 Å². The molecule has 1 aliphatic heterocycles. The number of carboxylic acids is 1. The average molecular weight is 238 g/mol. The van der Waals surface area contributed by atoms with Crippen LogP contribution in [-0.2, 0) is 4.79 Å². The van der Waals surface area contributed by atoms with E-state index in [0.29, 0.717) is 13.1 Å². The molecule has 2 heterocycles. The van der Waals surface area contributed by atoms with Crippen LogP contribution in [0.3, 0.4) is 0 Å². The maximum absolute atomic E-state index is 11.9. The summed E-state index contributed by atoms with van der Waals surface area (Å²) in [5.74, 6) is -0.782. The summed E-state index contributed by atoms with van der Waals surface area (Å²) in [6.45, 7) is 1.13. The molecule has 0 spiro atoms. The lowest BCUT2D eigenvalue weighted by Crippen LogP contribution is -2.40. The highest BCUT2D eigenvalue weighted by Gasteiger charge is 2.27. The van der Waals surface area contributed by atoms with E-state index >= 15 is 0 Å². The van der Waals surface area contributed by atoms with Crippen molar-refractivity contribution in [3.8, 4) is 0 Å². The van der Waals surface area contributed by atoms with Gasteiger partial charge >= 0.3 is 5.97 Å². The molecule has 1 fully saturated rings. The summed E-state index contributed by atoms with van der Waals surface area (Å²) >= 11 is 0. The van der Waals surface area contributed by atoms with Crippen LogP contribution < -0.4 is 0 Å². The van der Waals surface area contributed by atoms with Crippen molar-refractivity contribution >= 4 is 11.9 Å². The molecule has 0 aromatic carbocycles. The fourth-order valence-corrected chi connectivity index (χ4v) is 2.15. The first-order chi connectivity index (χ1) is 8.16. The van der Waals surface area contributed by atoms with Crippen molar-refractivity contribution in [2.75, 3.05) is 13.1 Å². The first-order valence-corrected chi connectivity index (χ1v) is 5.58. The number of carboxylic acid groups (broad SMARTS) is 1. The predicted molar refractivity (Wildman–Crippen MR) is 57.4 cm³/mol. The molecule has 1 unspecified atom stereocenters. The topological polar surface area (TPSA) is 83.6 Å². The van der Waals surface area contributed by atoms with Crippen LogP contribution in [0.25, 0.3) is 0 Å². The quantitative estimate of drug-likeness (QED) is 0.849. The van der Waals surface area contributed by atoms with Gasteiger partial charge in [-0.05, 0) is 18.8 Å². The minimum Gasteiger partial charge on any atom is -0.481 e. The van der Waals surface area contributed by atoms with Crippen LogP contribution in [0.1, 0.15) is 29.8 Å². The molecule has 6 nitrogen and oxygen atoms in total. The zero-order chi connectivity index (χ0) is 12.3. The Kier molecular flexibility index (Phi) is 3.41. The molecular weight excluding hydrogens is 224 g/mol. The van der Waals surface area contributed by atoms with E-state index in [2.05, 4.69) is 5.16 Å². The molecule has 1 N–H and O–H groups in total. The number of aliphatic carboxylic acids is 1. The van der Waals surface area contributed by atoms with Crippen molar-refractivity contribution in [2.45, 2.75) is 19.3 Å². The number of nitrogens with zero attached hydrogens (tertiary/aromatic N) is 2. The smallest absolute Gasteiger partial charge is 0.303 e. The van der Waals surface area contributed by atoms with E-state index in [1.54, 1.807) is 4.90 Å². The van der Waals surface area contributed by atoms with Gasteiger partial charge in [0.05, 0.1) is 6.20 Å². The third-order valence-corrected chi connectivity index (χ3v) is 2.92. The number of hydrogen-bond acceptors (Lipinski definition) is 4. The molecule has 6 heteroatoms. The minimum atomic E-state index is -0.816. The molecule has 0 bridgehead atoms. The zero-order valence-electron chi connectivity index (χ0n) is 9.33. The summed E-state index contributed by atoms with van der Waals surface area (Å²) in [6, 6.07) is 1.52. The molecule has 2 rings (SSSR count). The Morgan fingerprint density at radius 2 is 2.41 bits per heavy atom. The minimum absolute atomic E-state index is 0.0353. The second kappa shape index (κ2) is 4.99. The summed E-state index contributed by atoms with van der Waals surface area (Å²) in [6.07, 6.45) is 3.22. The van der Waals surface area contributed by atoms with Crippen LogP contribution in [0.2, 0.25) is 0 Å². The second-order valence-corrected chi connectivity index (χ2v) is 4.23. The van der Waals surface area contributed by atoms with Crippen molar-refractivity contribution in [1.29, 1.82) is 0 Å². The van der Waals surface area contributed by atoms with E-state index in [-0.39, 0.29) is 24.0 Å². The van der Waals surface area contributed by atoms with Gasteiger partial charge in [-0.15, -0.1) is 0 Å². The van der Waals surface area contributed by atoms with E-state index in [4.69, 9.17) is 9.63 Å². The van der Waals surface area contributed by atoms with Gasteiger partial charge in [0.1, 0.15) is 0 Å². The van der Waals surface area contributed by atoms with Crippen LogP contribution in [0.5, 0.6) is 0 Å². The van der Waals surface area contributed by atoms with E-state index in [9.17, 15) is 9.59 Å². The molecule has 1 atom stereocenters. The van der Waals surface area contributed by atoms with Gasteiger partial charge in [0.2, 0.25) is 5.76 Å². The number of rotatable bonds is 3. The van der Waals surface area contributed by atoms with E-state index < -0.39 is 5.97 Å². The Bertz CT molecular complexity index is 402. The van der Waals surface area contributed by atoms with Gasteiger partial charge in [0.15, 0.2) is 0 Å². The molecule has 17 heavy (non-hydrogen) atoms. The Hall–Kier alpha value is -1.85. The SMILES string of the molecule is O=C(O)CC1CCCN(C(=O)c2ccno2)C1. The summed E-state index contributed by atoms with van der Waals surface area (Å²) in [5.41, 5.74) is 0. The van der Waals surface area contributed by atoms with Crippen LogP contribution in [0.4, 0.5) is 0 Å². The Balaban J connectivity index is 1.97. The number of piperidine rings is 1. The lowest BCUT2D eigenvalue weighted by molar-refractivity contribution is -0.138. The number of carbonyl (C=O) groups is 2. The molecule has 0 saturated carbocycles. The summed E-state index contributed by atoms with van der Waals surface area (Å²) in [5, 5.41) is 12.2. The highest BCUT2D eigenvalue weighted by Crippen LogP contribution is 2.21. The summed E-state index contributed by atoms with van der Waals surface area (Å²) < 4.78 is 4.81. The van der Waals surface area contributed by atoms with Crippen molar-refractivity contribution in [3.63, 3.8) is 0 Å². The van der Waals surface area contributed by atoms with Gasteiger partial charge < -0.3 is 14.5 Å². The molecule has 1 aromatic heterocycles. The van der Waals surface area contributed by atoms with E-state index in [1.165, 1.54) is 12.3 Å². The Labute approximate surface area is 98.2 Å². The molecular formula is C11H14N2O4. The fraction of sp³-hybridized carbons (Fsp3) is 0.545. The van der Waals surface area contributed by atoms with Crippen LogP contribution in [-0.4, -0.2) is 40.1 Å². The highest BCUT2D eigenvalue weighted by molar-refractivity contribution is 5.91. The first-order valence-electron chi connectivity index (χ1n) is 5.58. The second-order valence-electron chi connectivity index (χ2n) is 4.23. The van der Waals surface area contributed by atoms with E-state index in [1.807, 2.05) is 0 Å².